The molecule has 2 atom stereocenters. The van der Waals surface area contributed by atoms with Gasteiger partial charge in [-0.05, 0) is 37.1 Å². The summed E-state index contributed by atoms with van der Waals surface area (Å²) in [6.07, 6.45) is 3.68. The molecule has 0 spiro atoms. The zero-order valence-corrected chi connectivity index (χ0v) is 19.4. The SMILES string of the molecule is CC(=C[C@H](C(C)C)N(C)C(=O)CNC=O)C(=O)N1CCC[C@H]1C(=O)NCc1cccs1. The standard InChI is InChI=1S/C22H32N4O4S/c1-15(2)19(25(4)20(28)13-23-14-27)11-16(3)22(30)26-9-5-8-18(26)21(29)24-12-17-7-6-10-31-17/h6-7,10-11,14-15,18-19H,5,8-9,12-13H2,1-4H3,(H,23,27)(H,24,29)/t18-,19+/m0/s1. The maximum atomic E-state index is 13.1. The van der Waals surface area contributed by atoms with E-state index in [4.69, 9.17) is 0 Å². The van der Waals surface area contributed by atoms with Crippen LogP contribution in [0.1, 0.15) is 38.5 Å². The number of nitrogens with one attached hydrogen (secondary N) is 2. The molecule has 0 radical (unpaired) electrons. The van der Waals surface area contributed by atoms with Crippen LogP contribution in [0.3, 0.4) is 0 Å². The Morgan fingerprint density at radius 3 is 2.71 bits per heavy atom. The van der Waals surface area contributed by atoms with Crippen molar-refractivity contribution in [1.29, 1.82) is 0 Å². The number of carbonyl (C=O) groups is 4. The number of hydrogen-bond donors (Lipinski definition) is 2. The van der Waals surface area contributed by atoms with Gasteiger partial charge in [-0.1, -0.05) is 26.0 Å². The number of rotatable bonds is 10. The Bertz CT molecular complexity index is 806. The van der Waals surface area contributed by atoms with Crippen molar-refractivity contribution in [2.24, 2.45) is 5.92 Å². The number of carbonyl (C=O) groups excluding carboxylic acids is 4. The number of thiophene rings is 1. The van der Waals surface area contributed by atoms with Crippen LogP contribution in [0.4, 0.5) is 0 Å². The molecule has 8 nitrogen and oxygen atoms in total. The lowest BCUT2D eigenvalue weighted by Crippen LogP contribution is -2.46. The first-order valence-corrected chi connectivity index (χ1v) is 11.4. The summed E-state index contributed by atoms with van der Waals surface area (Å²) < 4.78 is 0. The molecule has 4 amide bonds. The second-order valence-electron chi connectivity index (χ2n) is 8.04. The Labute approximate surface area is 187 Å². The minimum atomic E-state index is -0.482. The van der Waals surface area contributed by atoms with E-state index in [0.717, 1.165) is 11.3 Å². The summed E-state index contributed by atoms with van der Waals surface area (Å²) in [5.41, 5.74) is 0.500. The molecule has 1 aliphatic heterocycles. The van der Waals surface area contributed by atoms with E-state index in [1.807, 2.05) is 31.4 Å². The normalized spacial score (nSPS) is 17.4. The summed E-state index contributed by atoms with van der Waals surface area (Å²) in [7, 11) is 1.66. The molecule has 1 fully saturated rings. The Morgan fingerprint density at radius 1 is 1.35 bits per heavy atom. The summed E-state index contributed by atoms with van der Waals surface area (Å²) in [5.74, 6) is -0.503. The third kappa shape index (κ3) is 6.65. The second kappa shape index (κ2) is 11.6. The van der Waals surface area contributed by atoms with Crippen LogP contribution in [-0.2, 0) is 25.7 Å². The van der Waals surface area contributed by atoms with Gasteiger partial charge in [-0.15, -0.1) is 11.3 Å². The lowest BCUT2D eigenvalue weighted by atomic mass is 9.99. The summed E-state index contributed by atoms with van der Waals surface area (Å²) in [5, 5.41) is 7.27. The lowest BCUT2D eigenvalue weighted by Gasteiger charge is -2.30. The summed E-state index contributed by atoms with van der Waals surface area (Å²) >= 11 is 1.58. The molecule has 170 valence electrons. The smallest absolute Gasteiger partial charge is 0.249 e. The van der Waals surface area contributed by atoms with Crippen molar-refractivity contribution < 1.29 is 19.2 Å². The number of nitrogens with zero attached hydrogens (tertiary/aromatic N) is 2. The predicted molar refractivity (Wildman–Crippen MR) is 120 cm³/mol. The highest BCUT2D eigenvalue weighted by Gasteiger charge is 2.35. The van der Waals surface area contributed by atoms with Gasteiger partial charge >= 0.3 is 0 Å². The van der Waals surface area contributed by atoms with Gasteiger partial charge in [-0.2, -0.15) is 0 Å². The second-order valence-corrected chi connectivity index (χ2v) is 9.07. The van der Waals surface area contributed by atoms with E-state index in [1.165, 1.54) is 4.90 Å². The zero-order valence-electron chi connectivity index (χ0n) is 18.6. The van der Waals surface area contributed by atoms with E-state index in [0.29, 0.717) is 31.5 Å². The lowest BCUT2D eigenvalue weighted by molar-refractivity contribution is -0.135. The molecule has 9 heteroatoms. The molecule has 0 unspecified atom stereocenters. The van der Waals surface area contributed by atoms with Crippen molar-refractivity contribution in [3.8, 4) is 0 Å². The first kappa shape index (κ1) is 24.6. The van der Waals surface area contributed by atoms with E-state index in [9.17, 15) is 19.2 Å². The van der Waals surface area contributed by atoms with Gasteiger partial charge in [-0.3, -0.25) is 19.2 Å². The Hall–Kier alpha value is -2.68. The number of amides is 4. The maximum absolute atomic E-state index is 13.1. The third-order valence-corrected chi connectivity index (χ3v) is 6.33. The first-order valence-electron chi connectivity index (χ1n) is 10.5. The molecule has 2 rings (SSSR count). The molecule has 1 aliphatic rings. The van der Waals surface area contributed by atoms with E-state index < -0.39 is 6.04 Å². The van der Waals surface area contributed by atoms with Gasteiger partial charge in [0.1, 0.15) is 6.04 Å². The quantitative estimate of drug-likeness (QED) is 0.419. The van der Waals surface area contributed by atoms with Crippen LogP contribution in [0.25, 0.3) is 0 Å². The minimum absolute atomic E-state index is 0.0661. The molecular weight excluding hydrogens is 416 g/mol. The van der Waals surface area contributed by atoms with Crippen LogP contribution < -0.4 is 10.6 Å². The van der Waals surface area contributed by atoms with E-state index in [-0.39, 0.29) is 36.2 Å². The van der Waals surface area contributed by atoms with Crippen molar-refractivity contribution in [1.82, 2.24) is 20.4 Å². The monoisotopic (exact) mass is 448 g/mol. The highest BCUT2D eigenvalue weighted by Crippen LogP contribution is 2.22. The molecular formula is C22H32N4O4S. The number of hydrogen-bond acceptors (Lipinski definition) is 5. The molecule has 1 aromatic rings. The van der Waals surface area contributed by atoms with Crippen LogP contribution in [0.15, 0.2) is 29.2 Å². The minimum Gasteiger partial charge on any atom is -0.350 e. The predicted octanol–water partition coefficient (Wildman–Crippen LogP) is 1.53. The molecule has 31 heavy (non-hydrogen) atoms. The van der Waals surface area contributed by atoms with Crippen LogP contribution in [0.2, 0.25) is 0 Å². The van der Waals surface area contributed by atoms with Crippen LogP contribution in [0, 0.1) is 5.92 Å². The Morgan fingerprint density at radius 2 is 2.10 bits per heavy atom. The first-order chi connectivity index (χ1) is 14.8. The van der Waals surface area contributed by atoms with E-state index in [2.05, 4.69) is 10.6 Å². The van der Waals surface area contributed by atoms with Crippen molar-refractivity contribution in [3.05, 3.63) is 34.0 Å². The van der Waals surface area contributed by atoms with Crippen LogP contribution in [0.5, 0.6) is 0 Å². The largest absolute Gasteiger partial charge is 0.350 e. The zero-order chi connectivity index (χ0) is 23.0. The maximum Gasteiger partial charge on any atom is 0.249 e. The van der Waals surface area contributed by atoms with Gasteiger partial charge in [0.05, 0.1) is 19.1 Å². The fourth-order valence-corrected chi connectivity index (χ4v) is 4.36. The molecule has 1 saturated heterocycles. The summed E-state index contributed by atoms with van der Waals surface area (Å²) in [6, 6.07) is 3.11. The fourth-order valence-electron chi connectivity index (χ4n) is 3.71. The molecule has 0 bridgehead atoms. The van der Waals surface area contributed by atoms with Crippen molar-refractivity contribution in [2.45, 2.75) is 52.2 Å². The van der Waals surface area contributed by atoms with Gasteiger partial charge in [-0.25, -0.2) is 0 Å². The highest BCUT2D eigenvalue weighted by molar-refractivity contribution is 7.09. The van der Waals surface area contributed by atoms with Crippen molar-refractivity contribution >= 4 is 35.5 Å². The average Bonchev–Trinajstić information content (AvgIpc) is 3.44. The Kier molecular flexibility index (Phi) is 9.23. The summed E-state index contributed by atoms with van der Waals surface area (Å²) in [6.45, 7) is 6.55. The molecule has 0 saturated carbocycles. The van der Waals surface area contributed by atoms with Crippen LogP contribution in [-0.4, -0.2) is 66.2 Å². The third-order valence-electron chi connectivity index (χ3n) is 5.45. The van der Waals surface area contributed by atoms with Gasteiger partial charge in [0.15, 0.2) is 0 Å². The molecule has 2 heterocycles. The van der Waals surface area contributed by atoms with Crippen molar-refractivity contribution in [2.75, 3.05) is 20.1 Å². The topological polar surface area (TPSA) is 98.8 Å². The van der Waals surface area contributed by atoms with Gasteiger partial charge in [0.25, 0.3) is 0 Å². The van der Waals surface area contributed by atoms with Gasteiger partial charge < -0.3 is 20.4 Å². The number of likely N-dealkylation sites (N-methyl/N-ethyl adjacent to an activating group) is 1. The molecule has 2 N–H and O–H groups in total. The Balaban J connectivity index is 2.07. The summed E-state index contributed by atoms with van der Waals surface area (Å²) in [4.78, 5) is 52.8. The van der Waals surface area contributed by atoms with Crippen molar-refractivity contribution in [3.63, 3.8) is 0 Å². The van der Waals surface area contributed by atoms with Crippen LogP contribution >= 0.6 is 11.3 Å². The number of likely N-dealkylation sites (tertiary alicyclic amines) is 1. The van der Waals surface area contributed by atoms with Gasteiger partial charge in [0.2, 0.25) is 24.1 Å². The van der Waals surface area contributed by atoms with Gasteiger partial charge in [0, 0.05) is 24.0 Å². The fraction of sp³-hybridized carbons (Fsp3) is 0.545. The average molecular weight is 449 g/mol. The molecule has 0 aromatic carbocycles. The molecule has 1 aromatic heterocycles. The highest BCUT2D eigenvalue weighted by atomic mass is 32.1. The van der Waals surface area contributed by atoms with E-state index >= 15 is 0 Å². The van der Waals surface area contributed by atoms with E-state index in [1.54, 1.807) is 36.3 Å². The molecule has 0 aliphatic carbocycles.